The molecule has 29 heavy (non-hydrogen) atoms. The summed E-state index contributed by atoms with van der Waals surface area (Å²) in [6.45, 7) is 0. The summed E-state index contributed by atoms with van der Waals surface area (Å²) in [5, 5.41) is 22.4. The van der Waals surface area contributed by atoms with E-state index in [1.165, 1.54) is 12.1 Å². The second-order valence-electron chi connectivity index (χ2n) is 5.99. The Kier molecular flexibility index (Phi) is 5.19. The van der Waals surface area contributed by atoms with Crippen LogP contribution >= 0.6 is 28.1 Å². The van der Waals surface area contributed by atoms with Gasteiger partial charge in [0.2, 0.25) is 4.77 Å². The highest BCUT2D eigenvalue weighted by molar-refractivity contribution is 9.10. The number of nitrogens with one attached hydrogen (secondary N) is 1. The number of nitrogens with zero attached hydrogens (tertiary/aromatic N) is 5. The topological polar surface area (TPSA) is 94.0 Å². The van der Waals surface area contributed by atoms with Gasteiger partial charge in [0.05, 0.1) is 16.8 Å². The first kappa shape index (κ1) is 19.0. The normalized spacial score (nSPS) is 11.2. The van der Waals surface area contributed by atoms with Gasteiger partial charge in [-0.1, -0.05) is 28.1 Å². The van der Waals surface area contributed by atoms with Gasteiger partial charge in [0.25, 0.3) is 5.69 Å². The summed E-state index contributed by atoms with van der Waals surface area (Å²) in [5.74, 6) is 0.590. The molecular formula is C19H13BrN6O2S. The molecule has 10 heteroatoms. The fraction of sp³-hybridized carbons (Fsp3) is 0. The zero-order valence-corrected chi connectivity index (χ0v) is 17.2. The van der Waals surface area contributed by atoms with Gasteiger partial charge in [0.1, 0.15) is 0 Å². The number of hydrogen-bond acceptors (Lipinski definition) is 5. The number of benzene rings is 2. The van der Waals surface area contributed by atoms with Crippen LogP contribution in [0.4, 0.5) is 5.69 Å². The van der Waals surface area contributed by atoms with Gasteiger partial charge in [0, 0.05) is 34.1 Å². The van der Waals surface area contributed by atoms with Crippen LogP contribution in [0.25, 0.3) is 17.1 Å². The van der Waals surface area contributed by atoms with Gasteiger partial charge in [-0.25, -0.2) is 5.10 Å². The molecule has 2 aromatic heterocycles. The molecule has 0 aliphatic rings. The molecule has 0 saturated heterocycles. The van der Waals surface area contributed by atoms with E-state index in [1.807, 2.05) is 47.2 Å². The van der Waals surface area contributed by atoms with E-state index in [2.05, 4.69) is 31.2 Å². The van der Waals surface area contributed by atoms with Crippen LogP contribution in [0.1, 0.15) is 5.69 Å². The predicted octanol–water partition coefficient (Wildman–Crippen LogP) is 4.95. The number of halogens is 1. The van der Waals surface area contributed by atoms with Gasteiger partial charge in [-0.3, -0.25) is 10.1 Å². The van der Waals surface area contributed by atoms with E-state index in [-0.39, 0.29) is 5.69 Å². The number of non-ortho nitro benzene ring substituents is 1. The molecule has 2 aromatic carbocycles. The molecule has 1 N–H and O–H groups in total. The van der Waals surface area contributed by atoms with Crippen LogP contribution in [0.5, 0.6) is 0 Å². The Morgan fingerprint density at radius 2 is 1.86 bits per heavy atom. The van der Waals surface area contributed by atoms with E-state index in [9.17, 15) is 10.1 Å². The third-order valence-corrected chi connectivity index (χ3v) is 4.97. The van der Waals surface area contributed by atoms with Gasteiger partial charge >= 0.3 is 0 Å². The zero-order valence-electron chi connectivity index (χ0n) is 14.8. The van der Waals surface area contributed by atoms with Crippen molar-refractivity contribution in [3.63, 3.8) is 0 Å². The Labute approximate surface area is 178 Å². The molecule has 0 amide bonds. The standard InChI is InChI=1S/C19H13BrN6O2S/c20-14-5-3-13(4-6-14)18-22-23-19(29)25(18)21-12-17-2-1-11-24(17)15-7-9-16(10-8-15)26(27)28/h1-12H,(H,23,29)/b21-12-. The number of aromatic nitrogens is 4. The monoisotopic (exact) mass is 468 g/mol. The molecule has 144 valence electrons. The maximum atomic E-state index is 10.9. The molecule has 0 radical (unpaired) electrons. The lowest BCUT2D eigenvalue weighted by atomic mass is 10.2. The maximum absolute atomic E-state index is 10.9. The minimum atomic E-state index is -0.424. The summed E-state index contributed by atoms with van der Waals surface area (Å²) in [6.07, 6.45) is 3.52. The lowest BCUT2D eigenvalue weighted by Crippen LogP contribution is -2.00. The first-order chi connectivity index (χ1) is 14.0. The highest BCUT2D eigenvalue weighted by Gasteiger charge is 2.09. The third-order valence-electron chi connectivity index (χ3n) is 4.18. The molecular weight excluding hydrogens is 456 g/mol. The summed E-state index contributed by atoms with van der Waals surface area (Å²) >= 11 is 8.73. The quantitative estimate of drug-likeness (QED) is 0.194. The molecule has 0 unspecified atom stereocenters. The van der Waals surface area contributed by atoms with Crippen LogP contribution in [-0.4, -0.2) is 30.6 Å². The maximum Gasteiger partial charge on any atom is 0.269 e. The van der Waals surface area contributed by atoms with Crippen molar-refractivity contribution in [3.8, 4) is 17.1 Å². The fourth-order valence-electron chi connectivity index (χ4n) is 2.77. The molecule has 0 aliphatic carbocycles. The zero-order chi connectivity index (χ0) is 20.4. The Hall–Kier alpha value is -3.37. The molecule has 0 atom stereocenters. The van der Waals surface area contributed by atoms with Crippen molar-refractivity contribution >= 4 is 40.0 Å². The smallest absolute Gasteiger partial charge is 0.269 e. The van der Waals surface area contributed by atoms with E-state index in [4.69, 9.17) is 12.2 Å². The van der Waals surface area contributed by atoms with Crippen LogP contribution in [0.2, 0.25) is 0 Å². The van der Waals surface area contributed by atoms with Crippen LogP contribution < -0.4 is 0 Å². The molecule has 8 nitrogen and oxygen atoms in total. The second-order valence-corrected chi connectivity index (χ2v) is 7.29. The molecule has 0 fully saturated rings. The molecule has 0 saturated carbocycles. The minimum Gasteiger partial charge on any atom is -0.316 e. The molecule has 0 bridgehead atoms. The average molecular weight is 469 g/mol. The Morgan fingerprint density at radius 1 is 1.14 bits per heavy atom. The van der Waals surface area contributed by atoms with Gasteiger partial charge in [-0.2, -0.15) is 14.9 Å². The average Bonchev–Trinajstić information content (AvgIpc) is 3.33. The first-order valence-corrected chi connectivity index (χ1v) is 9.63. The van der Waals surface area contributed by atoms with Crippen LogP contribution in [-0.2, 0) is 0 Å². The summed E-state index contributed by atoms with van der Waals surface area (Å²) < 4.78 is 4.75. The van der Waals surface area contributed by atoms with E-state index in [0.29, 0.717) is 10.6 Å². The van der Waals surface area contributed by atoms with Gasteiger partial charge < -0.3 is 4.57 Å². The Morgan fingerprint density at radius 3 is 2.55 bits per heavy atom. The SMILES string of the molecule is O=[N+]([O-])c1ccc(-n2cccc2/C=N\n2c(-c3ccc(Br)cc3)n[nH]c2=S)cc1. The lowest BCUT2D eigenvalue weighted by molar-refractivity contribution is -0.384. The van der Waals surface area contributed by atoms with Crippen molar-refractivity contribution in [3.05, 3.63) is 91.9 Å². The van der Waals surface area contributed by atoms with Crippen LogP contribution in [0.3, 0.4) is 0 Å². The van der Waals surface area contributed by atoms with Gasteiger partial charge in [0.15, 0.2) is 5.82 Å². The van der Waals surface area contributed by atoms with E-state index >= 15 is 0 Å². The number of nitro groups is 1. The van der Waals surface area contributed by atoms with Gasteiger partial charge in [-0.15, -0.1) is 0 Å². The van der Waals surface area contributed by atoms with Gasteiger partial charge in [-0.05, 0) is 48.6 Å². The molecule has 4 aromatic rings. The lowest BCUT2D eigenvalue weighted by Gasteiger charge is -2.06. The van der Waals surface area contributed by atoms with Crippen molar-refractivity contribution in [1.82, 2.24) is 19.4 Å². The first-order valence-electron chi connectivity index (χ1n) is 8.43. The van der Waals surface area contributed by atoms with Crippen molar-refractivity contribution in [2.45, 2.75) is 0 Å². The third kappa shape index (κ3) is 3.93. The number of nitro benzene ring substituents is 1. The molecule has 0 spiro atoms. The van der Waals surface area contributed by atoms with E-state index < -0.39 is 4.92 Å². The van der Waals surface area contributed by atoms with Crippen molar-refractivity contribution in [2.24, 2.45) is 5.10 Å². The van der Waals surface area contributed by atoms with Crippen molar-refractivity contribution in [2.75, 3.05) is 0 Å². The largest absolute Gasteiger partial charge is 0.316 e. The Balaban J connectivity index is 1.67. The highest BCUT2D eigenvalue weighted by atomic mass is 79.9. The number of hydrogen-bond donors (Lipinski definition) is 1. The summed E-state index contributed by atoms with van der Waals surface area (Å²) in [7, 11) is 0. The summed E-state index contributed by atoms with van der Waals surface area (Å²) in [4.78, 5) is 10.4. The van der Waals surface area contributed by atoms with Crippen molar-refractivity contribution < 1.29 is 4.92 Å². The number of H-pyrrole nitrogens is 1. The fourth-order valence-corrected chi connectivity index (χ4v) is 3.21. The van der Waals surface area contributed by atoms with E-state index in [0.717, 1.165) is 21.4 Å². The van der Waals surface area contributed by atoms with Crippen molar-refractivity contribution in [1.29, 1.82) is 0 Å². The number of rotatable bonds is 5. The molecule has 4 rings (SSSR count). The van der Waals surface area contributed by atoms with Crippen LogP contribution in [0.15, 0.2) is 76.4 Å². The van der Waals surface area contributed by atoms with E-state index in [1.54, 1.807) is 23.0 Å². The molecule has 0 aliphatic heterocycles. The summed E-state index contributed by atoms with van der Waals surface area (Å²) in [6, 6.07) is 17.7. The Bertz CT molecular complexity index is 1260. The number of aromatic amines is 1. The predicted molar refractivity (Wildman–Crippen MR) is 116 cm³/mol. The second kappa shape index (κ2) is 7.94. The van der Waals surface area contributed by atoms with Crippen LogP contribution in [0, 0.1) is 14.9 Å². The summed E-state index contributed by atoms with van der Waals surface area (Å²) in [5.41, 5.74) is 2.47. The highest BCUT2D eigenvalue weighted by Crippen LogP contribution is 2.21. The minimum absolute atomic E-state index is 0.0416. The molecule has 2 heterocycles.